The van der Waals surface area contributed by atoms with Crippen LogP contribution in [0.5, 0.6) is 0 Å². The number of sulfonamides is 1. The van der Waals surface area contributed by atoms with E-state index in [1.165, 1.54) is 11.4 Å². The minimum atomic E-state index is -3.40. The van der Waals surface area contributed by atoms with Gasteiger partial charge in [-0.3, -0.25) is 0 Å². The molecule has 0 bridgehead atoms. The normalized spacial score (nSPS) is 19.8. The Labute approximate surface area is 131 Å². The lowest BCUT2D eigenvalue weighted by Crippen LogP contribution is -2.42. The summed E-state index contributed by atoms with van der Waals surface area (Å²) in [6.45, 7) is 1.52. The molecule has 2 N–H and O–H groups in total. The van der Waals surface area contributed by atoms with Crippen molar-refractivity contribution in [1.82, 2.24) is 4.31 Å². The van der Waals surface area contributed by atoms with Crippen LogP contribution >= 0.6 is 0 Å². The minimum absolute atomic E-state index is 0.116. The fraction of sp³-hybridized carbons (Fsp3) is 0.533. The molecule has 0 radical (unpaired) electrons. The molecule has 1 aromatic carbocycles. The molecule has 1 heterocycles. The van der Waals surface area contributed by atoms with E-state index in [0.29, 0.717) is 30.8 Å². The highest BCUT2D eigenvalue weighted by atomic mass is 32.2. The number of carbonyl (C=O) groups excluding carboxylic acids is 1. The minimum Gasteiger partial charge on any atom is -0.465 e. The van der Waals surface area contributed by atoms with Gasteiger partial charge in [0.25, 0.3) is 0 Å². The van der Waals surface area contributed by atoms with Crippen molar-refractivity contribution in [3.63, 3.8) is 0 Å². The Morgan fingerprint density at radius 3 is 2.91 bits per heavy atom. The Kier molecular flexibility index (Phi) is 5.55. The van der Waals surface area contributed by atoms with E-state index in [1.54, 1.807) is 24.3 Å². The van der Waals surface area contributed by atoms with Crippen molar-refractivity contribution < 1.29 is 17.9 Å². The van der Waals surface area contributed by atoms with E-state index in [2.05, 4.69) is 4.74 Å². The van der Waals surface area contributed by atoms with Crippen molar-refractivity contribution in [3.8, 4) is 0 Å². The maximum absolute atomic E-state index is 12.5. The highest BCUT2D eigenvalue weighted by Crippen LogP contribution is 2.21. The zero-order chi connectivity index (χ0) is 16.2. The van der Waals surface area contributed by atoms with Gasteiger partial charge in [0.05, 0.1) is 18.4 Å². The molecule has 0 saturated carbocycles. The topological polar surface area (TPSA) is 89.7 Å². The molecule has 1 aliphatic rings. The van der Waals surface area contributed by atoms with Gasteiger partial charge in [-0.25, -0.2) is 17.5 Å². The fourth-order valence-electron chi connectivity index (χ4n) is 2.68. The molecule has 1 aliphatic heterocycles. The maximum atomic E-state index is 12.5. The number of rotatable bonds is 5. The zero-order valence-electron chi connectivity index (χ0n) is 12.7. The third-order valence-electron chi connectivity index (χ3n) is 3.91. The molecule has 1 saturated heterocycles. The molecule has 122 valence electrons. The first-order valence-corrected chi connectivity index (χ1v) is 8.92. The molecule has 0 spiro atoms. The first-order valence-electron chi connectivity index (χ1n) is 7.31. The lowest BCUT2D eigenvalue weighted by molar-refractivity contribution is 0.0600. The first kappa shape index (κ1) is 16.9. The van der Waals surface area contributed by atoms with Crippen LogP contribution in [0.2, 0.25) is 0 Å². The van der Waals surface area contributed by atoms with Gasteiger partial charge in [0, 0.05) is 13.1 Å². The van der Waals surface area contributed by atoms with E-state index in [4.69, 9.17) is 5.73 Å². The third-order valence-corrected chi connectivity index (χ3v) is 5.72. The first-order chi connectivity index (χ1) is 10.5. The lowest BCUT2D eigenvalue weighted by Gasteiger charge is -2.31. The summed E-state index contributed by atoms with van der Waals surface area (Å²) in [6, 6.07) is 6.53. The molecule has 0 aromatic heterocycles. The lowest BCUT2D eigenvalue weighted by atomic mass is 10.0. The summed E-state index contributed by atoms with van der Waals surface area (Å²) < 4.78 is 31.2. The fourth-order valence-corrected chi connectivity index (χ4v) is 4.31. The largest absolute Gasteiger partial charge is 0.465 e. The maximum Gasteiger partial charge on any atom is 0.337 e. The van der Waals surface area contributed by atoms with E-state index in [0.717, 1.165) is 12.8 Å². The zero-order valence-corrected chi connectivity index (χ0v) is 13.5. The van der Waals surface area contributed by atoms with E-state index in [-0.39, 0.29) is 11.7 Å². The summed E-state index contributed by atoms with van der Waals surface area (Å²) in [4.78, 5) is 11.5. The number of benzene rings is 1. The molecule has 1 atom stereocenters. The van der Waals surface area contributed by atoms with Crippen molar-refractivity contribution in [3.05, 3.63) is 35.4 Å². The van der Waals surface area contributed by atoms with Crippen LogP contribution in [-0.2, 0) is 20.5 Å². The Bertz CT molecular complexity index is 630. The van der Waals surface area contributed by atoms with Gasteiger partial charge in [-0.2, -0.15) is 0 Å². The number of hydrogen-bond acceptors (Lipinski definition) is 5. The molecular formula is C15H22N2O4S. The van der Waals surface area contributed by atoms with Gasteiger partial charge in [0.1, 0.15) is 0 Å². The summed E-state index contributed by atoms with van der Waals surface area (Å²) >= 11 is 0. The van der Waals surface area contributed by atoms with Crippen molar-refractivity contribution in [1.29, 1.82) is 0 Å². The van der Waals surface area contributed by atoms with E-state index < -0.39 is 16.0 Å². The Balaban J connectivity index is 2.13. The standard InChI is InChI=1S/C15H22N2O4S/c1-21-15(18)14-6-2-4-12(8-14)11-22(19,20)17-7-3-5-13(9-16)10-17/h2,4,6,8,13H,3,5,7,9-11,16H2,1H3. The summed E-state index contributed by atoms with van der Waals surface area (Å²) in [7, 11) is -2.10. The highest BCUT2D eigenvalue weighted by Gasteiger charge is 2.28. The summed E-state index contributed by atoms with van der Waals surface area (Å²) in [5, 5.41) is 0. The van der Waals surface area contributed by atoms with Crippen molar-refractivity contribution >= 4 is 16.0 Å². The highest BCUT2D eigenvalue weighted by molar-refractivity contribution is 7.88. The number of methoxy groups -OCH3 is 1. The van der Waals surface area contributed by atoms with Crippen LogP contribution in [0.1, 0.15) is 28.8 Å². The molecule has 22 heavy (non-hydrogen) atoms. The summed E-state index contributed by atoms with van der Waals surface area (Å²) in [6.07, 6.45) is 1.81. The van der Waals surface area contributed by atoms with E-state index in [1.807, 2.05) is 0 Å². The number of nitrogens with zero attached hydrogens (tertiary/aromatic N) is 1. The number of piperidine rings is 1. The van der Waals surface area contributed by atoms with Gasteiger partial charge in [-0.05, 0) is 43.0 Å². The molecule has 1 unspecified atom stereocenters. The Morgan fingerprint density at radius 2 is 2.23 bits per heavy atom. The predicted octanol–water partition coefficient (Wildman–Crippen LogP) is 0.974. The molecule has 2 rings (SSSR count). The van der Waals surface area contributed by atoms with Crippen molar-refractivity contribution in [2.24, 2.45) is 11.7 Å². The molecular weight excluding hydrogens is 304 g/mol. The average molecular weight is 326 g/mol. The van der Waals surface area contributed by atoms with Gasteiger partial charge in [-0.15, -0.1) is 0 Å². The van der Waals surface area contributed by atoms with Crippen molar-refractivity contribution in [2.75, 3.05) is 26.7 Å². The van der Waals surface area contributed by atoms with Crippen LogP contribution in [0.3, 0.4) is 0 Å². The van der Waals surface area contributed by atoms with E-state index >= 15 is 0 Å². The Hall–Kier alpha value is -1.44. The second kappa shape index (κ2) is 7.21. The molecule has 1 fully saturated rings. The number of esters is 1. The van der Waals surface area contributed by atoms with Crippen LogP contribution < -0.4 is 5.73 Å². The van der Waals surface area contributed by atoms with Gasteiger partial charge in [0.15, 0.2) is 0 Å². The molecule has 0 amide bonds. The Morgan fingerprint density at radius 1 is 1.45 bits per heavy atom. The smallest absolute Gasteiger partial charge is 0.337 e. The van der Waals surface area contributed by atoms with Crippen LogP contribution in [0, 0.1) is 5.92 Å². The quantitative estimate of drug-likeness (QED) is 0.815. The van der Waals surface area contributed by atoms with Crippen LogP contribution in [0.25, 0.3) is 0 Å². The molecule has 7 heteroatoms. The van der Waals surface area contributed by atoms with Gasteiger partial charge < -0.3 is 10.5 Å². The monoisotopic (exact) mass is 326 g/mol. The van der Waals surface area contributed by atoms with E-state index in [9.17, 15) is 13.2 Å². The molecule has 0 aliphatic carbocycles. The van der Waals surface area contributed by atoms with Gasteiger partial charge in [-0.1, -0.05) is 12.1 Å². The molecule has 1 aromatic rings. The summed E-state index contributed by atoms with van der Waals surface area (Å²) in [5.41, 5.74) is 6.59. The second-order valence-electron chi connectivity index (χ2n) is 5.55. The van der Waals surface area contributed by atoms with Gasteiger partial charge >= 0.3 is 5.97 Å². The molecule has 6 nitrogen and oxygen atoms in total. The SMILES string of the molecule is COC(=O)c1cccc(CS(=O)(=O)N2CCCC(CN)C2)c1. The number of hydrogen-bond donors (Lipinski definition) is 1. The number of ether oxygens (including phenoxy) is 1. The predicted molar refractivity (Wildman–Crippen MR) is 83.8 cm³/mol. The number of carbonyl (C=O) groups is 1. The third kappa shape index (κ3) is 4.06. The van der Waals surface area contributed by atoms with Gasteiger partial charge in [0.2, 0.25) is 10.0 Å². The second-order valence-corrected chi connectivity index (χ2v) is 7.52. The van der Waals surface area contributed by atoms with Crippen LogP contribution in [0.15, 0.2) is 24.3 Å². The number of nitrogens with two attached hydrogens (primary N) is 1. The summed E-state index contributed by atoms with van der Waals surface area (Å²) in [5.74, 6) is -0.361. The van der Waals surface area contributed by atoms with Crippen LogP contribution in [0.4, 0.5) is 0 Å². The van der Waals surface area contributed by atoms with Crippen LogP contribution in [-0.4, -0.2) is 45.4 Å². The average Bonchev–Trinajstić information content (AvgIpc) is 2.54. The van der Waals surface area contributed by atoms with Crippen molar-refractivity contribution in [2.45, 2.75) is 18.6 Å².